The second kappa shape index (κ2) is 7.51. The van der Waals surface area contributed by atoms with Gasteiger partial charge in [-0.15, -0.1) is 0 Å². The third-order valence-corrected chi connectivity index (χ3v) is 4.04. The van der Waals surface area contributed by atoms with Crippen molar-refractivity contribution in [1.29, 1.82) is 5.26 Å². The highest BCUT2D eigenvalue weighted by atomic mass is 32.2. The minimum Gasteiger partial charge on any atom is -0.465 e. The number of ether oxygens (including phenoxy) is 1. The highest BCUT2D eigenvalue weighted by Crippen LogP contribution is 2.19. The molecule has 2 rings (SSSR count). The van der Waals surface area contributed by atoms with Crippen molar-refractivity contribution in [2.75, 3.05) is 7.11 Å². The van der Waals surface area contributed by atoms with E-state index in [1.165, 1.54) is 12.7 Å². The summed E-state index contributed by atoms with van der Waals surface area (Å²) in [5, 5.41) is 8.75. The number of nitrogens with zero attached hydrogens (tertiary/aromatic N) is 1. The van der Waals surface area contributed by atoms with Crippen molar-refractivity contribution < 1.29 is 9.53 Å². The average molecular weight is 297 g/mol. The molecule has 0 unspecified atom stereocenters. The molecule has 106 valence electrons. The fourth-order valence-corrected chi connectivity index (χ4v) is 2.81. The van der Waals surface area contributed by atoms with Crippen LogP contribution >= 0.6 is 11.8 Å². The number of benzene rings is 2. The molecule has 0 aromatic heterocycles. The van der Waals surface area contributed by atoms with Crippen LogP contribution < -0.4 is 0 Å². The second-order valence-electron chi connectivity index (χ2n) is 4.49. The van der Waals surface area contributed by atoms with Crippen molar-refractivity contribution in [3.8, 4) is 6.07 Å². The van der Waals surface area contributed by atoms with Gasteiger partial charge in [0.15, 0.2) is 0 Å². The molecule has 0 radical (unpaired) electrons. The smallest absolute Gasteiger partial charge is 0.337 e. The molecule has 2 aromatic carbocycles. The van der Waals surface area contributed by atoms with Crippen LogP contribution in [0.4, 0.5) is 0 Å². The molecular formula is C17H15NO2S. The van der Waals surface area contributed by atoms with Crippen molar-refractivity contribution in [3.63, 3.8) is 0 Å². The van der Waals surface area contributed by atoms with Gasteiger partial charge in [-0.25, -0.2) is 4.79 Å². The van der Waals surface area contributed by atoms with E-state index >= 15 is 0 Å². The molecule has 0 atom stereocenters. The number of carbonyl (C=O) groups is 1. The highest BCUT2D eigenvalue weighted by Gasteiger charge is 2.05. The van der Waals surface area contributed by atoms with Gasteiger partial charge in [0.1, 0.15) is 0 Å². The molecule has 21 heavy (non-hydrogen) atoms. The summed E-state index contributed by atoms with van der Waals surface area (Å²) in [7, 11) is 1.38. The third-order valence-electron chi connectivity index (χ3n) is 2.97. The summed E-state index contributed by atoms with van der Waals surface area (Å²) in [6, 6.07) is 17.2. The number of carbonyl (C=O) groups excluding carboxylic acids is 1. The minimum absolute atomic E-state index is 0.311. The molecule has 0 amide bonds. The minimum atomic E-state index is -0.311. The van der Waals surface area contributed by atoms with Crippen LogP contribution in [0.2, 0.25) is 0 Å². The van der Waals surface area contributed by atoms with Crippen LogP contribution in [0.25, 0.3) is 0 Å². The number of methoxy groups -OCH3 is 1. The van der Waals surface area contributed by atoms with E-state index in [2.05, 4.69) is 6.07 Å². The molecule has 4 heteroatoms. The number of rotatable bonds is 5. The van der Waals surface area contributed by atoms with Crippen LogP contribution in [0.15, 0.2) is 48.5 Å². The van der Waals surface area contributed by atoms with Gasteiger partial charge in [-0.1, -0.05) is 24.3 Å². The summed E-state index contributed by atoms with van der Waals surface area (Å²) in [6.45, 7) is 0. The fourth-order valence-electron chi connectivity index (χ4n) is 1.87. The van der Waals surface area contributed by atoms with Crippen molar-refractivity contribution >= 4 is 17.7 Å². The number of esters is 1. The van der Waals surface area contributed by atoms with Crippen LogP contribution in [-0.2, 0) is 16.2 Å². The predicted molar refractivity (Wildman–Crippen MR) is 83.9 cm³/mol. The summed E-state index contributed by atoms with van der Waals surface area (Å²) < 4.78 is 4.71. The van der Waals surface area contributed by atoms with Crippen LogP contribution in [0.5, 0.6) is 0 Å². The quantitative estimate of drug-likeness (QED) is 0.788. The normalized spacial score (nSPS) is 9.90. The second-order valence-corrected chi connectivity index (χ2v) is 5.48. The Kier molecular flexibility index (Phi) is 5.42. The van der Waals surface area contributed by atoms with Crippen molar-refractivity contribution in [2.24, 2.45) is 0 Å². The van der Waals surface area contributed by atoms with Gasteiger partial charge in [-0.3, -0.25) is 0 Å². The lowest BCUT2D eigenvalue weighted by Crippen LogP contribution is -2.01. The van der Waals surface area contributed by atoms with Gasteiger partial charge in [0.05, 0.1) is 24.3 Å². The fraction of sp³-hybridized carbons (Fsp3) is 0.176. The molecule has 0 bridgehead atoms. The number of nitriles is 1. The van der Waals surface area contributed by atoms with Crippen molar-refractivity contribution in [1.82, 2.24) is 0 Å². The Balaban J connectivity index is 1.91. The van der Waals surface area contributed by atoms with E-state index in [0.717, 1.165) is 17.1 Å². The van der Waals surface area contributed by atoms with E-state index in [4.69, 9.17) is 10.00 Å². The number of hydrogen-bond acceptors (Lipinski definition) is 4. The molecule has 3 nitrogen and oxygen atoms in total. The third kappa shape index (κ3) is 4.37. The average Bonchev–Trinajstić information content (AvgIpc) is 2.55. The van der Waals surface area contributed by atoms with Gasteiger partial charge < -0.3 is 4.74 Å². The largest absolute Gasteiger partial charge is 0.465 e. The Hall–Kier alpha value is -2.25. The molecule has 0 saturated carbocycles. The Morgan fingerprint density at radius 2 is 1.86 bits per heavy atom. The van der Waals surface area contributed by atoms with E-state index in [0.29, 0.717) is 11.1 Å². The first-order chi connectivity index (χ1) is 10.2. The summed E-state index contributed by atoms with van der Waals surface area (Å²) in [4.78, 5) is 11.5. The zero-order valence-electron chi connectivity index (χ0n) is 11.7. The maximum absolute atomic E-state index is 11.5. The lowest BCUT2D eigenvalue weighted by Gasteiger charge is -2.05. The van der Waals surface area contributed by atoms with E-state index in [9.17, 15) is 4.79 Å². The molecule has 0 aliphatic rings. The number of hydrogen-bond donors (Lipinski definition) is 0. The first-order valence-electron chi connectivity index (χ1n) is 6.47. The first kappa shape index (κ1) is 15.1. The van der Waals surface area contributed by atoms with Crippen LogP contribution in [-0.4, -0.2) is 13.1 Å². The highest BCUT2D eigenvalue weighted by molar-refractivity contribution is 7.97. The maximum atomic E-state index is 11.5. The van der Waals surface area contributed by atoms with Crippen LogP contribution in [0.1, 0.15) is 27.0 Å². The molecule has 0 N–H and O–H groups in total. The SMILES string of the molecule is COC(=O)c1cccc(CSCc2ccc(C#N)cc2)c1. The van der Waals surface area contributed by atoms with Crippen LogP contribution in [0, 0.1) is 11.3 Å². The van der Waals surface area contributed by atoms with Gasteiger partial charge >= 0.3 is 5.97 Å². The molecule has 2 aromatic rings. The summed E-state index contributed by atoms with van der Waals surface area (Å²) in [5.41, 5.74) is 3.53. The molecule has 0 aliphatic heterocycles. The standard InChI is InChI=1S/C17H15NO2S/c1-20-17(19)16-4-2-3-15(9-16)12-21-11-14-7-5-13(10-18)6-8-14/h2-9H,11-12H2,1H3. The van der Waals surface area contributed by atoms with Crippen molar-refractivity contribution in [2.45, 2.75) is 11.5 Å². The predicted octanol–water partition coefficient (Wildman–Crippen LogP) is 3.78. The maximum Gasteiger partial charge on any atom is 0.337 e. The van der Waals surface area contributed by atoms with E-state index in [-0.39, 0.29) is 5.97 Å². The molecule has 0 fully saturated rings. The summed E-state index contributed by atoms with van der Waals surface area (Å²) in [6.07, 6.45) is 0. The Bertz CT molecular complexity index is 659. The lowest BCUT2D eigenvalue weighted by atomic mass is 10.1. The molecule has 0 saturated heterocycles. The zero-order chi connectivity index (χ0) is 15.1. The monoisotopic (exact) mass is 297 g/mol. The van der Waals surface area contributed by atoms with E-state index in [1.54, 1.807) is 17.8 Å². The summed E-state index contributed by atoms with van der Waals surface area (Å²) >= 11 is 1.77. The zero-order valence-corrected chi connectivity index (χ0v) is 12.5. The Morgan fingerprint density at radius 3 is 2.52 bits per heavy atom. The van der Waals surface area contributed by atoms with Crippen LogP contribution in [0.3, 0.4) is 0 Å². The summed E-state index contributed by atoms with van der Waals surface area (Å²) in [5.74, 6) is 1.38. The Labute approximate surface area is 128 Å². The molecule has 0 aliphatic carbocycles. The van der Waals surface area contributed by atoms with Gasteiger partial charge in [-0.2, -0.15) is 17.0 Å². The first-order valence-corrected chi connectivity index (χ1v) is 7.62. The van der Waals surface area contributed by atoms with Gasteiger partial charge in [-0.05, 0) is 35.4 Å². The number of thioether (sulfide) groups is 1. The van der Waals surface area contributed by atoms with Gasteiger partial charge in [0.2, 0.25) is 0 Å². The van der Waals surface area contributed by atoms with Gasteiger partial charge in [0, 0.05) is 11.5 Å². The van der Waals surface area contributed by atoms with E-state index in [1.807, 2.05) is 42.5 Å². The molecular weight excluding hydrogens is 282 g/mol. The molecule has 0 spiro atoms. The Morgan fingerprint density at radius 1 is 1.14 bits per heavy atom. The molecule has 0 heterocycles. The lowest BCUT2D eigenvalue weighted by molar-refractivity contribution is 0.0600. The topological polar surface area (TPSA) is 50.1 Å². The van der Waals surface area contributed by atoms with E-state index < -0.39 is 0 Å². The van der Waals surface area contributed by atoms with Crippen molar-refractivity contribution in [3.05, 3.63) is 70.8 Å². The van der Waals surface area contributed by atoms with Gasteiger partial charge in [0.25, 0.3) is 0 Å².